The summed E-state index contributed by atoms with van der Waals surface area (Å²) in [5.41, 5.74) is 0.153. The number of hydrogen-bond acceptors (Lipinski definition) is 3. The molecule has 2 heterocycles. The summed E-state index contributed by atoms with van der Waals surface area (Å²) in [6, 6.07) is 0. The number of methoxy groups -OCH3 is 1. The zero-order valence-electron chi connectivity index (χ0n) is 6.22. The van der Waals surface area contributed by atoms with Gasteiger partial charge >= 0.3 is 0 Å². The topological polar surface area (TPSA) is 30.5 Å². The highest BCUT2D eigenvalue weighted by Gasteiger charge is 2.45. The van der Waals surface area contributed by atoms with E-state index in [2.05, 4.69) is 5.32 Å². The van der Waals surface area contributed by atoms with Crippen LogP contribution in [0.25, 0.3) is 0 Å². The normalized spacial score (nSPS) is 36.3. The van der Waals surface area contributed by atoms with Crippen molar-refractivity contribution in [2.75, 3.05) is 26.8 Å². The van der Waals surface area contributed by atoms with Crippen molar-refractivity contribution in [1.29, 1.82) is 0 Å². The molecule has 2 saturated heterocycles. The number of nitrogens with one attached hydrogen (secondary N) is 1. The van der Waals surface area contributed by atoms with Gasteiger partial charge in [-0.15, -0.1) is 0 Å². The first-order chi connectivity index (χ1) is 4.85. The molecule has 1 spiro atoms. The van der Waals surface area contributed by atoms with Crippen LogP contribution in [0.4, 0.5) is 0 Å². The first kappa shape index (κ1) is 6.58. The van der Waals surface area contributed by atoms with Gasteiger partial charge in [0.05, 0.1) is 18.3 Å². The number of hydrogen-bond donors (Lipinski definition) is 1. The summed E-state index contributed by atoms with van der Waals surface area (Å²) >= 11 is 0. The van der Waals surface area contributed by atoms with E-state index in [4.69, 9.17) is 9.47 Å². The summed E-state index contributed by atoms with van der Waals surface area (Å²) < 4.78 is 10.8. The molecule has 2 aliphatic heterocycles. The second-order valence-corrected chi connectivity index (χ2v) is 3.16. The lowest BCUT2D eigenvalue weighted by molar-refractivity contribution is -0.0376. The second kappa shape index (κ2) is 2.19. The van der Waals surface area contributed by atoms with E-state index in [1.807, 2.05) is 0 Å². The van der Waals surface area contributed by atoms with E-state index in [0.717, 1.165) is 26.1 Å². The van der Waals surface area contributed by atoms with Crippen LogP contribution in [0.1, 0.15) is 7.85 Å². The van der Waals surface area contributed by atoms with Crippen LogP contribution in [0.3, 0.4) is 0 Å². The zero-order chi connectivity index (χ0) is 7.03. The van der Waals surface area contributed by atoms with Gasteiger partial charge in [0, 0.05) is 28.0 Å². The van der Waals surface area contributed by atoms with Crippen molar-refractivity contribution in [2.45, 2.75) is 18.1 Å². The largest absolute Gasteiger partial charge is 0.379 e. The van der Waals surface area contributed by atoms with Crippen LogP contribution in [-0.2, 0) is 9.47 Å². The Morgan fingerprint density at radius 2 is 2.50 bits per heavy atom. The molecule has 2 rings (SSSR count). The number of rotatable bonds is 1. The van der Waals surface area contributed by atoms with E-state index >= 15 is 0 Å². The Kier molecular flexibility index (Phi) is 1.44. The molecule has 10 heavy (non-hydrogen) atoms. The zero-order valence-corrected chi connectivity index (χ0v) is 6.22. The van der Waals surface area contributed by atoms with Gasteiger partial charge < -0.3 is 14.8 Å². The molecule has 2 fully saturated rings. The van der Waals surface area contributed by atoms with Gasteiger partial charge in [-0.1, -0.05) is 0 Å². The average Bonchev–Trinajstić information content (AvgIpc) is 2.29. The van der Waals surface area contributed by atoms with E-state index in [1.165, 1.54) is 0 Å². The Bertz CT molecular complexity index is 138. The van der Waals surface area contributed by atoms with E-state index in [1.54, 1.807) is 7.11 Å². The smallest absolute Gasteiger partial charge is 0.0956 e. The van der Waals surface area contributed by atoms with Crippen molar-refractivity contribution in [3.63, 3.8) is 0 Å². The Hall–Kier alpha value is -0.120. The highest BCUT2D eigenvalue weighted by Crippen LogP contribution is 2.30. The van der Waals surface area contributed by atoms with E-state index in [0.29, 0.717) is 6.10 Å². The van der Waals surface area contributed by atoms with Crippen LogP contribution in [0, 0.1) is 0 Å². The summed E-state index contributed by atoms with van der Waals surface area (Å²) in [6.07, 6.45) is 1.40. The molecule has 0 radical (unpaired) electrons. The van der Waals surface area contributed by atoms with Gasteiger partial charge in [0.1, 0.15) is 0 Å². The molecule has 2 aliphatic rings. The van der Waals surface area contributed by atoms with Crippen LogP contribution < -0.4 is 5.32 Å². The molecular weight excluding hydrogens is 130 g/mol. The van der Waals surface area contributed by atoms with Crippen LogP contribution in [0.2, 0.25) is 0 Å². The third kappa shape index (κ3) is 0.856. The molecule has 0 amide bonds. The van der Waals surface area contributed by atoms with E-state index in [-0.39, 0.29) is 7.03 Å². The molecule has 0 saturated carbocycles. The van der Waals surface area contributed by atoms with Gasteiger partial charge in [0.15, 0.2) is 0 Å². The Labute approximate surface area is 62.2 Å². The maximum Gasteiger partial charge on any atom is 0.0956 e. The second-order valence-electron chi connectivity index (χ2n) is 3.16. The summed E-state index contributed by atoms with van der Waals surface area (Å²) in [7, 11) is 1.75. The first-order valence-electron chi connectivity index (χ1n) is 3.72. The van der Waals surface area contributed by atoms with Crippen molar-refractivity contribution in [1.82, 2.24) is 5.32 Å². The predicted octanol–water partition coefficient (Wildman–Crippen LogP) is 0.00970. The molecule has 0 aromatic rings. The monoisotopic (exact) mass is 145 g/mol. The summed E-state index contributed by atoms with van der Waals surface area (Å²) in [5.74, 6) is 0. The van der Waals surface area contributed by atoms with Crippen LogP contribution in [0.5, 0.6) is 0 Å². The molecule has 3 nitrogen and oxygen atoms in total. The summed E-state index contributed by atoms with van der Waals surface area (Å²) in [6.45, 7) is 2.79. The van der Waals surface area contributed by atoms with Gasteiger partial charge in [-0.2, -0.15) is 0 Å². The highest BCUT2D eigenvalue weighted by molar-refractivity contribution is 5.00. The molecule has 3 heteroatoms. The third-order valence-corrected chi connectivity index (χ3v) is 2.40. The van der Waals surface area contributed by atoms with Gasteiger partial charge in [0.25, 0.3) is 0 Å². The molecule has 60 valence electrons. The highest BCUT2D eigenvalue weighted by atomic mass is 16.6. The van der Waals surface area contributed by atoms with Gasteiger partial charge in [-0.05, 0) is 0 Å². The fourth-order valence-electron chi connectivity index (χ4n) is 1.60. The van der Waals surface area contributed by atoms with Crippen molar-refractivity contribution in [3.05, 3.63) is 0 Å². The minimum Gasteiger partial charge on any atom is -0.379 e. The Balaban J connectivity index is 0.000000605. The van der Waals surface area contributed by atoms with Gasteiger partial charge in [-0.25, -0.2) is 0 Å². The van der Waals surface area contributed by atoms with Crippen LogP contribution >= 0.6 is 0 Å². The molecule has 1 atom stereocenters. The SMILES string of the molecule is CO[C@@H]1COC2(CNC2)C1.[HH]. The molecule has 0 bridgehead atoms. The van der Waals surface area contributed by atoms with Crippen LogP contribution in [-0.4, -0.2) is 38.5 Å². The third-order valence-electron chi connectivity index (χ3n) is 2.40. The molecule has 0 aromatic carbocycles. The summed E-state index contributed by atoms with van der Waals surface area (Å²) in [4.78, 5) is 0. The maximum atomic E-state index is 5.59. The fraction of sp³-hybridized carbons (Fsp3) is 1.00. The van der Waals surface area contributed by atoms with Crippen molar-refractivity contribution >= 4 is 0 Å². The lowest BCUT2D eigenvalue weighted by atomic mass is 9.93. The average molecular weight is 145 g/mol. The molecule has 0 aliphatic carbocycles. The first-order valence-corrected chi connectivity index (χ1v) is 3.72. The molecule has 0 unspecified atom stereocenters. The lowest BCUT2D eigenvalue weighted by Gasteiger charge is -2.37. The quantitative estimate of drug-likeness (QED) is 0.564. The van der Waals surface area contributed by atoms with Crippen LogP contribution in [0.15, 0.2) is 0 Å². The Morgan fingerprint density at radius 1 is 1.70 bits per heavy atom. The minimum absolute atomic E-state index is 0. The van der Waals surface area contributed by atoms with E-state index in [9.17, 15) is 0 Å². The van der Waals surface area contributed by atoms with E-state index < -0.39 is 0 Å². The lowest BCUT2D eigenvalue weighted by Crippen LogP contribution is -2.59. The molecule has 1 N–H and O–H groups in total. The fourth-order valence-corrected chi connectivity index (χ4v) is 1.60. The minimum atomic E-state index is 0. The van der Waals surface area contributed by atoms with Crippen molar-refractivity contribution in [2.24, 2.45) is 0 Å². The number of ether oxygens (including phenoxy) is 2. The van der Waals surface area contributed by atoms with Crippen molar-refractivity contribution in [3.8, 4) is 0 Å². The van der Waals surface area contributed by atoms with Crippen molar-refractivity contribution < 1.29 is 10.9 Å². The standard InChI is InChI=1S/C7H13NO2.H2/c1-9-6-2-7(10-3-6)4-8-5-7;/h6,8H,2-5H2,1H3;1H/t6-;/m0./s1. The summed E-state index contributed by atoms with van der Waals surface area (Å²) in [5, 5.41) is 3.21. The Morgan fingerprint density at radius 3 is 2.80 bits per heavy atom. The molecule has 0 aromatic heterocycles. The van der Waals surface area contributed by atoms with Gasteiger partial charge in [-0.3, -0.25) is 0 Å². The maximum absolute atomic E-state index is 5.59. The molecular formula is C7H15NO2. The van der Waals surface area contributed by atoms with Gasteiger partial charge in [0.2, 0.25) is 0 Å². The predicted molar refractivity (Wildman–Crippen MR) is 39.1 cm³/mol.